The van der Waals surface area contributed by atoms with E-state index in [1.165, 1.54) is 11.3 Å². The standard InChI is InChI=1S/C8H9N3O3S2/c9-3-5-1-2-6(15-5)4-11-8(13)7(12)10-16(11)14/h1-2H,3-4,9H2,(H,10,12). The molecule has 6 nitrogen and oxygen atoms in total. The molecule has 0 aliphatic carbocycles. The molecule has 0 aromatic carbocycles. The number of hydrogen-bond donors (Lipinski definition) is 2. The Hall–Kier alpha value is -1.22. The summed E-state index contributed by atoms with van der Waals surface area (Å²) < 4.78 is 14.4. The van der Waals surface area contributed by atoms with E-state index in [2.05, 4.69) is 0 Å². The Morgan fingerprint density at radius 2 is 2.12 bits per heavy atom. The van der Waals surface area contributed by atoms with Crippen molar-refractivity contribution in [3.8, 4) is 0 Å². The van der Waals surface area contributed by atoms with Crippen molar-refractivity contribution in [1.29, 1.82) is 0 Å². The number of rotatable bonds is 3. The maximum Gasteiger partial charge on any atom is 0.362 e. The summed E-state index contributed by atoms with van der Waals surface area (Å²) in [7, 11) is 0. The molecule has 1 unspecified atom stereocenters. The lowest BCUT2D eigenvalue weighted by atomic mass is 10.4. The van der Waals surface area contributed by atoms with Gasteiger partial charge in [0.05, 0.1) is 0 Å². The van der Waals surface area contributed by atoms with Gasteiger partial charge in [0.15, 0.2) is 0 Å². The average Bonchev–Trinajstić information content (AvgIpc) is 2.80. The summed E-state index contributed by atoms with van der Waals surface area (Å²) >= 11 is -0.322. The lowest BCUT2D eigenvalue weighted by molar-refractivity contribution is 0.568. The van der Waals surface area contributed by atoms with Crippen molar-refractivity contribution in [3.63, 3.8) is 0 Å². The van der Waals surface area contributed by atoms with Gasteiger partial charge in [-0.1, -0.05) is 0 Å². The molecule has 1 atom stereocenters. The topological polar surface area (TPSA) is 104 Å². The summed E-state index contributed by atoms with van der Waals surface area (Å²) in [5.74, 6) is 0. The lowest BCUT2D eigenvalue weighted by Crippen LogP contribution is -2.27. The van der Waals surface area contributed by atoms with Gasteiger partial charge in [0.2, 0.25) is 0 Å². The highest BCUT2D eigenvalue weighted by Crippen LogP contribution is 2.17. The van der Waals surface area contributed by atoms with E-state index in [9.17, 15) is 14.1 Å². The van der Waals surface area contributed by atoms with Crippen molar-refractivity contribution >= 4 is 22.5 Å². The Bertz CT molecular complexity index is 607. The first-order valence-corrected chi connectivity index (χ1v) is 6.36. The van der Waals surface area contributed by atoms with Crippen LogP contribution in [0, 0.1) is 0 Å². The van der Waals surface area contributed by atoms with Crippen molar-refractivity contribution in [2.75, 3.05) is 0 Å². The molecule has 86 valence electrons. The fraction of sp³-hybridized carbons (Fsp3) is 0.250. The molecule has 0 saturated carbocycles. The molecular weight excluding hydrogens is 250 g/mol. The first-order chi connectivity index (χ1) is 7.61. The first-order valence-electron chi connectivity index (χ1n) is 4.44. The second-order valence-corrected chi connectivity index (χ2v) is 5.49. The summed E-state index contributed by atoms with van der Waals surface area (Å²) in [6, 6.07) is 3.65. The molecule has 0 spiro atoms. The smallest absolute Gasteiger partial charge is 0.362 e. The van der Waals surface area contributed by atoms with Crippen molar-refractivity contribution in [3.05, 3.63) is 42.6 Å². The number of thiophene rings is 1. The molecule has 0 aliphatic heterocycles. The third kappa shape index (κ3) is 2.00. The van der Waals surface area contributed by atoms with E-state index in [1.54, 1.807) is 6.07 Å². The second-order valence-electron chi connectivity index (χ2n) is 3.09. The Morgan fingerprint density at radius 3 is 2.62 bits per heavy atom. The lowest BCUT2D eigenvalue weighted by Gasteiger charge is -1.95. The molecule has 0 amide bonds. The van der Waals surface area contributed by atoms with Crippen LogP contribution in [0.3, 0.4) is 0 Å². The monoisotopic (exact) mass is 259 g/mol. The average molecular weight is 259 g/mol. The van der Waals surface area contributed by atoms with Crippen molar-refractivity contribution in [2.45, 2.75) is 13.1 Å². The molecule has 0 fully saturated rings. The summed E-state index contributed by atoms with van der Waals surface area (Å²) in [5.41, 5.74) is 3.86. The number of nitrogens with two attached hydrogens (primary N) is 1. The summed E-state index contributed by atoms with van der Waals surface area (Å²) in [4.78, 5) is 24.1. The van der Waals surface area contributed by atoms with Gasteiger partial charge in [0.1, 0.15) is 17.7 Å². The highest BCUT2D eigenvalue weighted by Gasteiger charge is 2.14. The zero-order valence-corrected chi connectivity index (χ0v) is 9.77. The first kappa shape index (κ1) is 11.3. The number of nitrogens with zero attached hydrogens (tertiary/aromatic N) is 1. The number of aromatic amines is 1. The molecule has 2 aromatic heterocycles. The van der Waals surface area contributed by atoms with Crippen LogP contribution in [-0.2, 0) is 13.1 Å². The van der Waals surface area contributed by atoms with Crippen molar-refractivity contribution in [1.82, 2.24) is 8.33 Å². The van der Waals surface area contributed by atoms with Crippen LogP contribution in [0.15, 0.2) is 21.7 Å². The summed E-state index contributed by atoms with van der Waals surface area (Å²) in [6.45, 7) is 0.591. The van der Waals surface area contributed by atoms with Gasteiger partial charge in [0, 0.05) is 16.3 Å². The van der Waals surface area contributed by atoms with E-state index in [0.29, 0.717) is 6.54 Å². The van der Waals surface area contributed by atoms with E-state index < -0.39 is 22.3 Å². The van der Waals surface area contributed by atoms with Gasteiger partial charge in [-0.2, -0.15) is 0 Å². The van der Waals surface area contributed by atoms with Crippen molar-refractivity contribution < 1.29 is 4.55 Å². The van der Waals surface area contributed by atoms with E-state index in [1.807, 2.05) is 10.4 Å². The molecule has 2 rings (SSSR count). The fourth-order valence-electron chi connectivity index (χ4n) is 1.26. The molecule has 2 aromatic rings. The van der Waals surface area contributed by atoms with Crippen LogP contribution < -0.4 is 16.9 Å². The minimum atomic E-state index is -1.75. The van der Waals surface area contributed by atoms with Gasteiger partial charge in [-0.05, 0) is 12.1 Å². The fourth-order valence-corrected chi connectivity index (χ4v) is 3.07. The van der Waals surface area contributed by atoms with Gasteiger partial charge in [-0.15, -0.1) is 19.7 Å². The quantitative estimate of drug-likeness (QED) is 0.590. The maximum absolute atomic E-state index is 11.3. The Kier molecular flexibility index (Phi) is 3.06. The van der Waals surface area contributed by atoms with Gasteiger partial charge in [0.25, 0.3) is 0 Å². The van der Waals surface area contributed by atoms with E-state index in [-0.39, 0.29) is 6.54 Å². The largest absolute Gasteiger partial charge is 0.549 e. The zero-order valence-electron chi connectivity index (χ0n) is 8.13. The molecule has 16 heavy (non-hydrogen) atoms. The summed E-state index contributed by atoms with van der Waals surface area (Å²) in [5, 5.41) is 0. The van der Waals surface area contributed by atoms with E-state index in [0.717, 1.165) is 13.7 Å². The van der Waals surface area contributed by atoms with Crippen LogP contribution in [0.25, 0.3) is 0 Å². The Labute approximate surface area is 97.1 Å². The Morgan fingerprint density at radius 1 is 1.44 bits per heavy atom. The van der Waals surface area contributed by atoms with Crippen LogP contribution in [0.1, 0.15) is 9.75 Å². The molecule has 0 bridgehead atoms. The van der Waals surface area contributed by atoms with E-state index >= 15 is 0 Å². The van der Waals surface area contributed by atoms with Gasteiger partial charge in [-0.25, -0.2) is 0 Å². The molecule has 0 radical (unpaired) electrons. The third-order valence-electron chi connectivity index (χ3n) is 2.02. The SMILES string of the molecule is NCc1ccc(Cn2c(=O)c(=O)[nH][s+]2[O-])s1. The molecule has 3 N–H and O–H groups in total. The minimum absolute atomic E-state index is 0.162. The Balaban J connectivity index is 2.33. The normalized spacial score (nSPS) is 12.0. The number of H-pyrrole nitrogens is 1. The molecule has 0 saturated heterocycles. The van der Waals surface area contributed by atoms with Crippen LogP contribution in [-0.4, -0.2) is 12.9 Å². The molecule has 8 heteroatoms. The number of hydrogen-bond acceptors (Lipinski definition) is 5. The summed E-state index contributed by atoms with van der Waals surface area (Å²) in [6.07, 6.45) is 0. The van der Waals surface area contributed by atoms with Crippen LogP contribution >= 0.6 is 22.5 Å². The molecular formula is C8H9N3O3S2. The van der Waals surface area contributed by atoms with Crippen LogP contribution in [0.5, 0.6) is 0 Å². The molecule has 2 heterocycles. The van der Waals surface area contributed by atoms with Gasteiger partial charge < -0.3 is 10.3 Å². The van der Waals surface area contributed by atoms with Crippen LogP contribution in [0.4, 0.5) is 0 Å². The zero-order chi connectivity index (χ0) is 11.7. The molecule has 0 aliphatic rings. The van der Waals surface area contributed by atoms with Gasteiger partial charge in [-0.3, -0.25) is 9.59 Å². The minimum Gasteiger partial charge on any atom is -0.549 e. The van der Waals surface area contributed by atoms with Gasteiger partial charge >= 0.3 is 11.1 Å². The highest BCUT2D eigenvalue weighted by molar-refractivity contribution is 7.14. The predicted molar refractivity (Wildman–Crippen MR) is 61.3 cm³/mol. The third-order valence-corrected chi connectivity index (χ3v) is 4.17. The second kappa shape index (κ2) is 4.34. The number of nitrogens with one attached hydrogen (secondary N) is 1. The van der Waals surface area contributed by atoms with Crippen LogP contribution in [0.2, 0.25) is 0 Å². The maximum atomic E-state index is 11.3. The number of aromatic nitrogens is 2. The highest BCUT2D eigenvalue weighted by atomic mass is 32.2. The van der Waals surface area contributed by atoms with Crippen molar-refractivity contribution in [2.24, 2.45) is 5.73 Å². The predicted octanol–water partition coefficient (Wildman–Crippen LogP) is -0.167. The van der Waals surface area contributed by atoms with E-state index in [4.69, 9.17) is 5.73 Å².